The molecule has 0 aliphatic heterocycles. The van der Waals surface area contributed by atoms with Gasteiger partial charge in [-0.3, -0.25) is 9.98 Å². The molecule has 0 saturated heterocycles. The quantitative estimate of drug-likeness (QED) is 0.751. The Bertz CT molecular complexity index is 808. The zero-order valence-electron chi connectivity index (χ0n) is 12.8. The monoisotopic (exact) mass is 303 g/mol. The lowest BCUT2D eigenvalue weighted by atomic mass is 10.0. The zero-order chi connectivity index (χ0) is 16.1. The van der Waals surface area contributed by atoms with Crippen LogP contribution in [0.3, 0.4) is 0 Å². The molecule has 114 valence electrons. The van der Waals surface area contributed by atoms with Crippen molar-refractivity contribution in [1.29, 1.82) is 0 Å². The SMILES string of the molecule is Cc1ncnc(N)c1C=NCc1cccc(-c2ccncc2)c1. The second-order valence-corrected chi connectivity index (χ2v) is 5.16. The van der Waals surface area contributed by atoms with Crippen molar-refractivity contribution in [3.05, 3.63) is 71.9 Å². The number of hydrogen-bond acceptors (Lipinski definition) is 5. The molecule has 5 nitrogen and oxygen atoms in total. The molecule has 0 amide bonds. The third-order valence-corrected chi connectivity index (χ3v) is 3.55. The van der Waals surface area contributed by atoms with E-state index in [1.54, 1.807) is 18.6 Å². The number of aryl methyl sites for hydroxylation is 1. The fourth-order valence-corrected chi connectivity index (χ4v) is 2.30. The molecular formula is C18H17N5. The molecule has 0 bridgehead atoms. The van der Waals surface area contributed by atoms with Gasteiger partial charge in [0.05, 0.1) is 17.8 Å². The summed E-state index contributed by atoms with van der Waals surface area (Å²) >= 11 is 0. The maximum absolute atomic E-state index is 5.85. The molecule has 2 N–H and O–H groups in total. The summed E-state index contributed by atoms with van der Waals surface area (Å²) in [6.45, 7) is 2.47. The van der Waals surface area contributed by atoms with Crippen molar-refractivity contribution in [2.75, 3.05) is 5.73 Å². The van der Waals surface area contributed by atoms with Gasteiger partial charge >= 0.3 is 0 Å². The lowest BCUT2D eigenvalue weighted by molar-refractivity contribution is 1.06. The van der Waals surface area contributed by atoms with Gasteiger partial charge in [0, 0.05) is 18.6 Å². The first-order valence-electron chi connectivity index (χ1n) is 7.30. The number of anilines is 1. The lowest BCUT2D eigenvalue weighted by Crippen LogP contribution is -2.01. The average Bonchev–Trinajstić information content (AvgIpc) is 2.59. The average molecular weight is 303 g/mol. The van der Waals surface area contributed by atoms with Crippen molar-refractivity contribution < 1.29 is 0 Å². The van der Waals surface area contributed by atoms with Gasteiger partial charge in [-0.15, -0.1) is 0 Å². The van der Waals surface area contributed by atoms with Crippen molar-refractivity contribution in [2.24, 2.45) is 4.99 Å². The minimum atomic E-state index is 0.451. The molecule has 3 rings (SSSR count). The highest BCUT2D eigenvalue weighted by molar-refractivity contribution is 5.86. The Labute approximate surface area is 135 Å². The third kappa shape index (κ3) is 3.58. The van der Waals surface area contributed by atoms with Crippen LogP contribution in [0.4, 0.5) is 5.82 Å². The molecule has 23 heavy (non-hydrogen) atoms. The standard InChI is InChI=1S/C18H17N5/c1-13-17(18(19)23-12-22-13)11-21-10-14-3-2-4-16(9-14)15-5-7-20-8-6-15/h2-9,11-12H,10H2,1H3,(H2,19,22,23). The maximum Gasteiger partial charge on any atom is 0.135 e. The van der Waals surface area contributed by atoms with Crippen molar-refractivity contribution in [1.82, 2.24) is 15.0 Å². The number of aromatic nitrogens is 3. The summed E-state index contributed by atoms with van der Waals surface area (Å²) in [4.78, 5) is 16.6. The topological polar surface area (TPSA) is 77.0 Å². The summed E-state index contributed by atoms with van der Waals surface area (Å²) in [5.74, 6) is 0.451. The van der Waals surface area contributed by atoms with E-state index < -0.39 is 0 Å². The highest BCUT2D eigenvalue weighted by Crippen LogP contribution is 2.19. The largest absolute Gasteiger partial charge is 0.383 e. The Morgan fingerprint density at radius 2 is 1.91 bits per heavy atom. The van der Waals surface area contributed by atoms with Crippen LogP contribution in [-0.2, 0) is 6.54 Å². The van der Waals surface area contributed by atoms with Crippen LogP contribution in [0, 0.1) is 6.92 Å². The smallest absolute Gasteiger partial charge is 0.135 e. The van der Waals surface area contributed by atoms with Crippen LogP contribution in [0.1, 0.15) is 16.8 Å². The molecule has 0 fully saturated rings. The summed E-state index contributed by atoms with van der Waals surface area (Å²) in [7, 11) is 0. The number of pyridine rings is 1. The van der Waals surface area contributed by atoms with E-state index in [0.29, 0.717) is 12.4 Å². The molecule has 0 radical (unpaired) electrons. The molecule has 0 spiro atoms. The summed E-state index contributed by atoms with van der Waals surface area (Å²) in [6, 6.07) is 12.3. The highest BCUT2D eigenvalue weighted by atomic mass is 14.9. The fraction of sp³-hybridized carbons (Fsp3) is 0.111. The molecule has 1 aromatic carbocycles. The summed E-state index contributed by atoms with van der Waals surface area (Å²) < 4.78 is 0. The number of rotatable bonds is 4. The van der Waals surface area contributed by atoms with Crippen LogP contribution in [0.2, 0.25) is 0 Å². The molecule has 0 saturated carbocycles. The predicted molar refractivity (Wildman–Crippen MR) is 92.2 cm³/mol. The van der Waals surface area contributed by atoms with E-state index in [-0.39, 0.29) is 0 Å². The molecular weight excluding hydrogens is 286 g/mol. The van der Waals surface area contributed by atoms with Gasteiger partial charge in [-0.1, -0.05) is 18.2 Å². The molecule has 0 aliphatic carbocycles. The van der Waals surface area contributed by atoms with Crippen LogP contribution in [0.25, 0.3) is 11.1 Å². The Kier molecular flexibility index (Phi) is 4.38. The van der Waals surface area contributed by atoms with Crippen molar-refractivity contribution in [2.45, 2.75) is 13.5 Å². The van der Waals surface area contributed by atoms with Crippen molar-refractivity contribution in [3.63, 3.8) is 0 Å². The molecule has 5 heteroatoms. The number of aliphatic imine (C=N–C) groups is 1. The third-order valence-electron chi connectivity index (χ3n) is 3.55. The van der Waals surface area contributed by atoms with E-state index in [1.165, 1.54) is 6.33 Å². The van der Waals surface area contributed by atoms with E-state index in [0.717, 1.165) is 27.9 Å². The van der Waals surface area contributed by atoms with Gasteiger partial charge < -0.3 is 5.73 Å². The fourth-order valence-electron chi connectivity index (χ4n) is 2.30. The number of nitrogen functional groups attached to an aromatic ring is 1. The first kappa shape index (κ1) is 14.8. The summed E-state index contributed by atoms with van der Waals surface area (Å²) in [5.41, 5.74) is 10.9. The van der Waals surface area contributed by atoms with Gasteiger partial charge in [0.15, 0.2) is 0 Å². The minimum Gasteiger partial charge on any atom is -0.383 e. The highest BCUT2D eigenvalue weighted by Gasteiger charge is 2.02. The van der Waals surface area contributed by atoms with E-state index >= 15 is 0 Å². The first-order valence-corrected chi connectivity index (χ1v) is 7.30. The minimum absolute atomic E-state index is 0.451. The predicted octanol–water partition coefficient (Wildman–Crippen LogP) is 3.05. The van der Waals surface area contributed by atoms with Crippen LogP contribution < -0.4 is 5.73 Å². The van der Waals surface area contributed by atoms with E-state index in [9.17, 15) is 0 Å². The molecule has 3 aromatic rings. The molecule has 0 unspecified atom stereocenters. The Morgan fingerprint density at radius 3 is 2.70 bits per heavy atom. The number of benzene rings is 1. The maximum atomic E-state index is 5.85. The normalized spacial score (nSPS) is 11.0. The molecule has 2 aromatic heterocycles. The van der Waals surface area contributed by atoms with Gasteiger partial charge in [0.25, 0.3) is 0 Å². The van der Waals surface area contributed by atoms with Gasteiger partial charge in [-0.05, 0) is 41.8 Å². The van der Waals surface area contributed by atoms with Crippen molar-refractivity contribution >= 4 is 12.0 Å². The number of hydrogen-bond donors (Lipinski definition) is 1. The van der Waals surface area contributed by atoms with Crippen LogP contribution in [-0.4, -0.2) is 21.2 Å². The van der Waals surface area contributed by atoms with Gasteiger partial charge in [-0.25, -0.2) is 9.97 Å². The lowest BCUT2D eigenvalue weighted by Gasteiger charge is -2.04. The van der Waals surface area contributed by atoms with Crippen LogP contribution >= 0.6 is 0 Å². The molecule has 0 aliphatic rings. The second-order valence-electron chi connectivity index (χ2n) is 5.16. The van der Waals surface area contributed by atoms with E-state index in [4.69, 9.17) is 5.73 Å². The Balaban J connectivity index is 1.78. The van der Waals surface area contributed by atoms with Crippen LogP contribution in [0.5, 0.6) is 0 Å². The molecule has 2 heterocycles. The van der Waals surface area contributed by atoms with Gasteiger partial charge in [-0.2, -0.15) is 0 Å². The van der Waals surface area contributed by atoms with Crippen LogP contribution in [0.15, 0.2) is 60.1 Å². The number of nitrogens with zero attached hydrogens (tertiary/aromatic N) is 4. The summed E-state index contributed by atoms with van der Waals surface area (Å²) in [5, 5.41) is 0. The van der Waals surface area contributed by atoms with Gasteiger partial charge in [0.1, 0.15) is 12.1 Å². The number of nitrogens with two attached hydrogens (primary N) is 1. The van der Waals surface area contributed by atoms with Gasteiger partial charge in [0.2, 0.25) is 0 Å². The Hall–Kier alpha value is -3.08. The Morgan fingerprint density at radius 1 is 1.09 bits per heavy atom. The van der Waals surface area contributed by atoms with Crippen molar-refractivity contribution in [3.8, 4) is 11.1 Å². The second kappa shape index (κ2) is 6.79. The summed E-state index contributed by atoms with van der Waals surface area (Å²) in [6.07, 6.45) is 6.78. The van der Waals surface area contributed by atoms with E-state index in [1.807, 2.05) is 25.1 Å². The van der Waals surface area contributed by atoms with E-state index in [2.05, 4.69) is 38.1 Å². The zero-order valence-corrected chi connectivity index (χ0v) is 12.8. The molecule has 0 atom stereocenters. The first-order chi connectivity index (χ1) is 11.2.